The number of hydrogen-bond donors (Lipinski definition) is 1. The van der Waals surface area contributed by atoms with Crippen LogP contribution < -0.4 is 4.90 Å². The Morgan fingerprint density at radius 1 is 1.47 bits per heavy atom. The molecule has 1 aromatic rings. The minimum absolute atomic E-state index is 0.0612. The van der Waals surface area contributed by atoms with Crippen LogP contribution in [0.15, 0.2) is 24.3 Å². The SMILES string of the molecule is O=C(O)CC1CCCN(c2ccccc2[N+](=O)[O-])C1. The molecule has 0 spiro atoms. The fourth-order valence-corrected chi connectivity index (χ4v) is 2.58. The molecule has 1 aromatic carbocycles. The van der Waals surface area contributed by atoms with Crippen LogP contribution in [0.25, 0.3) is 0 Å². The number of carboxylic acid groups (broad SMARTS) is 1. The average Bonchev–Trinajstić information content (AvgIpc) is 2.38. The van der Waals surface area contributed by atoms with E-state index >= 15 is 0 Å². The largest absolute Gasteiger partial charge is 0.481 e. The van der Waals surface area contributed by atoms with Gasteiger partial charge in [-0.05, 0) is 24.8 Å². The molecular weight excluding hydrogens is 248 g/mol. The van der Waals surface area contributed by atoms with Crippen molar-refractivity contribution in [2.75, 3.05) is 18.0 Å². The quantitative estimate of drug-likeness (QED) is 0.666. The summed E-state index contributed by atoms with van der Waals surface area (Å²) < 4.78 is 0. The van der Waals surface area contributed by atoms with Crippen LogP contribution in [-0.4, -0.2) is 29.1 Å². The number of nitro benzene ring substituents is 1. The highest BCUT2D eigenvalue weighted by molar-refractivity contribution is 5.67. The van der Waals surface area contributed by atoms with E-state index in [9.17, 15) is 14.9 Å². The van der Waals surface area contributed by atoms with E-state index in [0.717, 1.165) is 19.4 Å². The number of nitro groups is 1. The lowest BCUT2D eigenvalue weighted by molar-refractivity contribution is -0.384. The zero-order valence-electron chi connectivity index (χ0n) is 10.5. The molecule has 6 nitrogen and oxygen atoms in total. The third-order valence-corrected chi connectivity index (χ3v) is 3.40. The Hall–Kier alpha value is -2.11. The van der Waals surface area contributed by atoms with Gasteiger partial charge in [0, 0.05) is 25.6 Å². The molecule has 102 valence electrons. The first-order valence-electron chi connectivity index (χ1n) is 6.28. The van der Waals surface area contributed by atoms with Crippen LogP contribution in [0.3, 0.4) is 0 Å². The molecule has 0 bridgehead atoms. The first-order chi connectivity index (χ1) is 9.08. The summed E-state index contributed by atoms with van der Waals surface area (Å²) in [6, 6.07) is 6.61. The summed E-state index contributed by atoms with van der Waals surface area (Å²) in [5, 5.41) is 19.8. The molecule has 0 radical (unpaired) electrons. The van der Waals surface area contributed by atoms with E-state index in [2.05, 4.69) is 0 Å². The van der Waals surface area contributed by atoms with E-state index in [-0.39, 0.29) is 18.0 Å². The van der Waals surface area contributed by atoms with Gasteiger partial charge < -0.3 is 10.0 Å². The van der Waals surface area contributed by atoms with Crippen LogP contribution in [0.2, 0.25) is 0 Å². The fourth-order valence-electron chi connectivity index (χ4n) is 2.58. The van der Waals surface area contributed by atoms with Crippen LogP contribution in [0.5, 0.6) is 0 Å². The average molecular weight is 264 g/mol. The second-order valence-electron chi connectivity index (χ2n) is 4.80. The predicted octanol–water partition coefficient (Wildman–Crippen LogP) is 2.29. The number of rotatable bonds is 4. The second kappa shape index (κ2) is 5.69. The molecule has 19 heavy (non-hydrogen) atoms. The van der Waals surface area contributed by atoms with Gasteiger partial charge in [-0.2, -0.15) is 0 Å². The molecule has 1 fully saturated rings. The van der Waals surface area contributed by atoms with Crippen molar-refractivity contribution in [1.29, 1.82) is 0 Å². The number of carbonyl (C=O) groups is 1. The Kier molecular flexibility index (Phi) is 3.99. The summed E-state index contributed by atoms with van der Waals surface area (Å²) in [6.45, 7) is 1.30. The third-order valence-electron chi connectivity index (χ3n) is 3.40. The van der Waals surface area contributed by atoms with Gasteiger partial charge in [0.2, 0.25) is 0 Å². The van der Waals surface area contributed by atoms with E-state index in [1.54, 1.807) is 18.2 Å². The molecule has 0 amide bonds. The van der Waals surface area contributed by atoms with Gasteiger partial charge in [-0.15, -0.1) is 0 Å². The number of carboxylic acids is 1. The van der Waals surface area contributed by atoms with Crippen LogP contribution in [0.4, 0.5) is 11.4 Å². The van der Waals surface area contributed by atoms with E-state index in [0.29, 0.717) is 12.2 Å². The number of benzene rings is 1. The summed E-state index contributed by atoms with van der Waals surface area (Å²) in [4.78, 5) is 23.3. The maximum atomic E-state index is 11.0. The number of nitrogens with zero attached hydrogens (tertiary/aromatic N) is 2. The fraction of sp³-hybridized carbons (Fsp3) is 0.462. The van der Waals surface area contributed by atoms with Crippen LogP contribution >= 0.6 is 0 Å². The monoisotopic (exact) mass is 264 g/mol. The molecule has 1 aliphatic rings. The molecule has 1 heterocycles. The Balaban J connectivity index is 2.17. The highest BCUT2D eigenvalue weighted by Gasteiger charge is 2.26. The molecule has 1 aliphatic heterocycles. The summed E-state index contributed by atoms with van der Waals surface area (Å²) in [7, 11) is 0. The number of para-hydroxylation sites is 2. The smallest absolute Gasteiger partial charge is 0.303 e. The van der Waals surface area contributed by atoms with Gasteiger partial charge in [-0.1, -0.05) is 12.1 Å². The summed E-state index contributed by atoms with van der Waals surface area (Å²) in [6.07, 6.45) is 1.85. The molecular formula is C13H16N2O4. The maximum Gasteiger partial charge on any atom is 0.303 e. The minimum atomic E-state index is -0.811. The Labute approximate surface area is 110 Å². The second-order valence-corrected chi connectivity index (χ2v) is 4.80. The van der Waals surface area contributed by atoms with Gasteiger partial charge in [0.05, 0.1) is 4.92 Å². The highest BCUT2D eigenvalue weighted by Crippen LogP contribution is 2.31. The van der Waals surface area contributed by atoms with Crippen molar-refractivity contribution < 1.29 is 14.8 Å². The van der Waals surface area contributed by atoms with Crippen LogP contribution in [0, 0.1) is 16.0 Å². The Bertz CT molecular complexity index is 489. The molecule has 2 rings (SSSR count). The first kappa shape index (κ1) is 13.3. The Morgan fingerprint density at radius 3 is 2.89 bits per heavy atom. The lowest BCUT2D eigenvalue weighted by Gasteiger charge is -2.33. The number of piperidine rings is 1. The molecule has 1 N–H and O–H groups in total. The van der Waals surface area contributed by atoms with Crippen LogP contribution in [-0.2, 0) is 4.79 Å². The zero-order chi connectivity index (χ0) is 13.8. The number of anilines is 1. The summed E-state index contributed by atoms with van der Waals surface area (Å²) in [5.41, 5.74) is 0.668. The van der Waals surface area contributed by atoms with Gasteiger partial charge in [-0.3, -0.25) is 14.9 Å². The zero-order valence-corrected chi connectivity index (χ0v) is 10.5. The normalized spacial score (nSPS) is 19.2. The molecule has 1 unspecified atom stereocenters. The van der Waals surface area contributed by atoms with Gasteiger partial charge >= 0.3 is 5.97 Å². The molecule has 1 saturated heterocycles. The van der Waals surface area contributed by atoms with Crippen molar-refractivity contribution in [1.82, 2.24) is 0 Å². The van der Waals surface area contributed by atoms with E-state index in [1.165, 1.54) is 6.07 Å². The highest BCUT2D eigenvalue weighted by atomic mass is 16.6. The topological polar surface area (TPSA) is 83.7 Å². The maximum absolute atomic E-state index is 11.0. The van der Waals surface area contributed by atoms with Gasteiger partial charge in [-0.25, -0.2) is 0 Å². The minimum Gasteiger partial charge on any atom is -0.481 e. The van der Waals surface area contributed by atoms with E-state index < -0.39 is 10.9 Å². The molecule has 0 saturated carbocycles. The lowest BCUT2D eigenvalue weighted by atomic mass is 9.94. The number of aliphatic carboxylic acids is 1. The summed E-state index contributed by atoms with van der Waals surface area (Å²) in [5.74, 6) is -0.750. The van der Waals surface area contributed by atoms with Crippen molar-refractivity contribution in [3.05, 3.63) is 34.4 Å². The molecule has 6 heteroatoms. The Morgan fingerprint density at radius 2 is 2.21 bits per heavy atom. The summed E-state index contributed by atoms with van der Waals surface area (Å²) >= 11 is 0. The predicted molar refractivity (Wildman–Crippen MR) is 70.3 cm³/mol. The third kappa shape index (κ3) is 3.21. The van der Waals surface area contributed by atoms with Gasteiger partial charge in [0.25, 0.3) is 5.69 Å². The lowest BCUT2D eigenvalue weighted by Crippen LogP contribution is -2.36. The van der Waals surface area contributed by atoms with Crippen molar-refractivity contribution in [2.24, 2.45) is 5.92 Å². The standard InChI is InChI=1S/C13H16N2O4/c16-13(17)8-10-4-3-7-14(9-10)11-5-1-2-6-12(11)15(18)19/h1-2,5-6,10H,3-4,7-9H2,(H,16,17). The van der Waals surface area contributed by atoms with Crippen molar-refractivity contribution in [3.63, 3.8) is 0 Å². The van der Waals surface area contributed by atoms with Gasteiger partial charge in [0.1, 0.15) is 5.69 Å². The van der Waals surface area contributed by atoms with E-state index in [4.69, 9.17) is 5.11 Å². The first-order valence-corrected chi connectivity index (χ1v) is 6.28. The van der Waals surface area contributed by atoms with Crippen molar-refractivity contribution in [3.8, 4) is 0 Å². The van der Waals surface area contributed by atoms with Crippen molar-refractivity contribution >= 4 is 17.3 Å². The van der Waals surface area contributed by atoms with Gasteiger partial charge in [0.15, 0.2) is 0 Å². The molecule has 1 atom stereocenters. The molecule has 0 aliphatic carbocycles. The van der Waals surface area contributed by atoms with E-state index in [1.807, 2.05) is 4.90 Å². The van der Waals surface area contributed by atoms with Crippen LogP contribution in [0.1, 0.15) is 19.3 Å². The molecule has 0 aromatic heterocycles. The number of hydrogen-bond acceptors (Lipinski definition) is 4. The van der Waals surface area contributed by atoms with Crippen molar-refractivity contribution in [2.45, 2.75) is 19.3 Å².